The summed E-state index contributed by atoms with van der Waals surface area (Å²) in [5.41, 5.74) is 7.44. The van der Waals surface area contributed by atoms with Gasteiger partial charge in [0.2, 0.25) is 0 Å². The van der Waals surface area contributed by atoms with E-state index in [4.69, 9.17) is 22.7 Å². The Morgan fingerprint density at radius 2 is 2.37 bits per heavy atom. The molecule has 2 rings (SSSR count). The first-order valence-electron chi connectivity index (χ1n) is 6.33. The number of carbonyl (C=O) groups excluding carboxylic acids is 1. The maximum absolute atomic E-state index is 12.1. The number of benzene rings is 1. The smallest absolute Gasteiger partial charge is 0.251 e. The number of amides is 1. The molecule has 5 heteroatoms. The van der Waals surface area contributed by atoms with Crippen molar-refractivity contribution in [1.29, 1.82) is 0 Å². The molecule has 1 heterocycles. The van der Waals surface area contributed by atoms with Crippen LogP contribution < -0.4 is 5.73 Å². The maximum Gasteiger partial charge on any atom is 0.251 e. The van der Waals surface area contributed by atoms with Crippen LogP contribution in [-0.4, -0.2) is 35.6 Å². The van der Waals surface area contributed by atoms with Crippen molar-refractivity contribution in [2.24, 2.45) is 5.73 Å². The Bertz CT molecular complexity index is 484. The molecular weight excluding hydrogens is 260 g/mol. The van der Waals surface area contributed by atoms with Crippen LogP contribution in [0, 0.1) is 0 Å². The number of thiocarbonyl (C=S) groups is 1. The number of carbonyl (C=O) groups is 1. The molecule has 102 valence electrons. The zero-order valence-electron chi connectivity index (χ0n) is 11.0. The molecule has 19 heavy (non-hydrogen) atoms. The molecule has 1 aromatic carbocycles. The Morgan fingerprint density at radius 3 is 3.00 bits per heavy atom. The monoisotopic (exact) mass is 278 g/mol. The minimum atomic E-state index is -0.274. The molecule has 4 nitrogen and oxygen atoms in total. The number of hydrogen-bond donors (Lipinski definition) is 1. The Labute approximate surface area is 118 Å². The van der Waals surface area contributed by atoms with E-state index in [9.17, 15) is 4.79 Å². The Morgan fingerprint density at radius 1 is 1.58 bits per heavy atom. The predicted octanol–water partition coefficient (Wildman–Crippen LogP) is 1.46. The average molecular weight is 278 g/mol. The molecule has 0 aromatic heterocycles. The van der Waals surface area contributed by atoms with E-state index in [0.717, 1.165) is 24.0 Å². The zero-order valence-corrected chi connectivity index (χ0v) is 11.8. The summed E-state index contributed by atoms with van der Waals surface area (Å²) >= 11 is 4.95. The summed E-state index contributed by atoms with van der Waals surface area (Å²) < 4.78 is 5.40. The number of rotatable bonds is 4. The molecular formula is C14H18N2O2S. The molecule has 1 saturated heterocycles. The van der Waals surface area contributed by atoms with Crippen LogP contribution in [0.1, 0.15) is 24.0 Å². The van der Waals surface area contributed by atoms with Gasteiger partial charge >= 0.3 is 0 Å². The topological polar surface area (TPSA) is 55.6 Å². The maximum atomic E-state index is 12.1. The van der Waals surface area contributed by atoms with Gasteiger partial charge in [-0.05, 0) is 24.5 Å². The molecule has 1 aliphatic rings. The highest BCUT2D eigenvalue weighted by molar-refractivity contribution is 7.80. The molecule has 1 aromatic rings. The molecule has 0 spiro atoms. The summed E-state index contributed by atoms with van der Waals surface area (Å²) in [5, 5.41) is 0. The van der Waals surface area contributed by atoms with Crippen molar-refractivity contribution >= 4 is 23.1 Å². The first-order valence-corrected chi connectivity index (χ1v) is 6.74. The van der Waals surface area contributed by atoms with Crippen molar-refractivity contribution in [3.63, 3.8) is 0 Å². The number of hydrogen-bond acceptors (Lipinski definition) is 3. The molecule has 0 aliphatic carbocycles. The lowest BCUT2D eigenvalue weighted by Crippen LogP contribution is -2.35. The summed E-state index contributed by atoms with van der Waals surface area (Å²) in [6.07, 6.45) is 1.50. The van der Waals surface area contributed by atoms with E-state index >= 15 is 0 Å². The van der Waals surface area contributed by atoms with E-state index in [1.54, 1.807) is 11.9 Å². The normalized spacial score (nSPS) is 18.3. The average Bonchev–Trinajstić information content (AvgIpc) is 2.92. The van der Waals surface area contributed by atoms with Crippen molar-refractivity contribution in [2.75, 3.05) is 13.7 Å². The Hall–Kier alpha value is -1.46. The summed E-state index contributed by atoms with van der Waals surface area (Å²) in [5.74, 6) is 0.0400. The second-order valence-electron chi connectivity index (χ2n) is 4.76. The molecule has 1 amide bonds. The third kappa shape index (κ3) is 3.52. The van der Waals surface area contributed by atoms with Gasteiger partial charge in [-0.15, -0.1) is 0 Å². The fraction of sp³-hybridized carbons (Fsp3) is 0.429. The summed E-state index contributed by atoms with van der Waals surface area (Å²) in [4.78, 5) is 14.2. The number of nitrogens with two attached hydrogens (primary N) is 1. The second kappa shape index (κ2) is 6.12. The molecule has 1 atom stereocenters. The van der Waals surface area contributed by atoms with Gasteiger partial charge in [-0.3, -0.25) is 4.79 Å². The van der Waals surface area contributed by atoms with Crippen LogP contribution in [0.3, 0.4) is 0 Å². The number of nitrogens with zero attached hydrogens (tertiary/aromatic N) is 1. The third-order valence-corrected chi connectivity index (χ3v) is 3.45. The van der Waals surface area contributed by atoms with Gasteiger partial charge in [0, 0.05) is 25.8 Å². The zero-order chi connectivity index (χ0) is 13.8. The SMILES string of the molecule is CN(Cc1cccc(C(N)=S)c1)C(=O)C1CCCO1. The molecule has 2 N–H and O–H groups in total. The van der Waals surface area contributed by atoms with Gasteiger partial charge in [0.05, 0.1) is 0 Å². The lowest BCUT2D eigenvalue weighted by molar-refractivity contribution is -0.140. The van der Waals surface area contributed by atoms with Crippen molar-refractivity contribution in [2.45, 2.75) is 25.5 Å². The summed E-state index contributed by atoms with van der Waals surface area (Å²) in [7, 11) is 1.79. The standard InChI is InChI=1S/C14H18N2O2S/c1-16(14(17)12-6-3-7-18-12)9-10-4-2-5-11(8-10)13(15)19/h2,4-5,8,12H,3,6-7,9H2,1H3,(H2,15,19). The highest BCUT2D eigenvalue weighted by Crippen LogP contribution is 2.16. The third-order valence-electron chi connectivity index (χ3n) is 3.21. The van der Waals surface area contributed by atoms with Crippen LogP contribution >= 0.6 is 12.2 Å². The van der Waals surface area contributed by atoms with Crippen LogP contribution in [0.2, 0.25) is 0 Å². The molecule has 1 aliphatic heterocycles. The van der Waals surface area contributed by atoms with E-state index in [2.05, 4.69) is 0 Å². The van der Waals surface area contributed by atoms with Gasteiger partial charge in [0.1, 0.15) is 11.1 Å². The van der Waals surface area contributed by atoms with E-state index in [0.29, 0.717) is 18.1 Å². The van der Waals surface area contributed by atoms with Gasteiger partial charge in [0.15, 0.2) is 0 Å². The van der Waals surface area contributed by atoms with E-state index in [1.807, 2.05) is 24.3 Å². The highest BCUT2D eigenvalue weighted by atomic mass is 32.1. The Kier molecular flexibility index (Phi) is 4.50. The van der Waals surface area contributed by atoms with Crippen LogP contribution in [-0.2, 0) is 16.1 Å². The fourth-order valence-corrected chi connectivity index (χ4v) is 2.32. The Balaban J connectivity index is 2.01. The van der Waals surface area contributed by atoms with Crippen LogP contribution in [0.5, 0.6) is 0 Å². The van der Waals surface area contributed by atoms with Crippen molar-refractivity contribution in [3.8, 4) is 0 Å². The summed E-state index contributed by atoms with van der Waals surface area (Å²) in [6, 6.07) is 7.64. The first kappa shape index (κ1) is 14.0. The van der Waals surface area contributed by atoms with Crippen LogP contribution in [0.25, 0.3) is 0 Å². The quantitative estimate of drug-likeness (QED) is 0.847. The van der Waals surface area contributed by atoms with Gasteiger partial charge in [-0.2, -0.15) is 0 Å². The van der Waals surface area contributed by atoms with E-state index in [1.165, 1.54) is 0 Å². The predicted molar refractivity (Wildman–Crippen MR) is 77.8 cm³/mol. The summed E-state index contributed by atoms with van der Waals surface area (Å²) in [6.45, 7) is 1.22. The van der Waals surface area contributed by atoms with Gasteiger partial charge in [0.25, 0.3) is 5.91 Å². The molecule has 1 unspecified atom stereocenters. The molecule has 0 saturated carbocycles. The van der Waals surface area contributed by atoms with Crippen molar-refractivity contribution in [3.05, 3.63) is 35.4 Å². The lowest BCUT2D eigenvalue weighted by Gasteiger charge is -2.21. The minimum Gasteiger partial charge on any atom is -0.389 e. The van der Waals surface area contributed by atoms with Crippen molar-refractivity contribution in [1.82, 2.24) is 4.90 Å². The highest BCUT2D eigenvalue weighted by Gasteiger charge is 2.26. The number of ether oxygens (including phenoxy) is 1. The van der Waals surface area contributed by atoms with E-state index < -0.39 is 0 Å². The molecule has 0 bridgehead atoms. The minimum absolute atomic E-state index is 0.0400. The van der Waals surface area contributed by atoms with Crippen LogP contribution in [0.4, 0.5) is 0 Å². The van der Waals surface area contributed by atoms with Crippen LogP contribution in [0.15, 0.2) is 24.3 Å². The number of likely N-dealkylation sites (N-methyl/N-ethyl adjacent to an activating group) is 1. The van der Waals surface area contributed by atoms with Gasteiger partial charge < -0.3 is 15.4 Å². The fourth-order valence-electron chi connectivity index (χ4n) is 2.19. The largest absolute Gasteiger partial charge is 0.389 e. The lowest BCUT2D eigenvalue weighted by atomic mass is 10.1. The molecule has 1 fully saturated rings. The van der Waals surface area contributed by atoms with Crippen molar-refractivity contribution < 1.29 is 9.53 Å². The van der Waals surface area contributed by atoms with E-state index in [-0.39, 0.29) is 12.0 Å². The van der Waals surface area contributed by atoms with Gasteiger partial charge in [-0.25, -0.2) is 0 Å². The first-order chi connectivity index (χ1) is 9.08. The van der Waals surface area contributed by atoms with Gasteiger partial charge in [-0.1, -0.05) is 30.4 Å². The second-order valence-corrected chi connectivity index (χ2v) is 5.20. The molecule has 0 radical (unpaired) electrons.